The van der Waals surface area contributed by atoms with E-state index in [4.69, 9.17) is 4.74 Å². The Bertz CT molecular complexity index is 850. The molecule has 26 heavy (non-hydrogen) atoms. The molecule has 2 N–H and O–H groups in total. The number of sulfonamides is 1. The first-order valence-electron chi connectivity index (χ1n) is 8.46. The van der Waals surface area contributed by atoms with Gasteiger partial charge in [-0.1, -0.05) is 37.3 Å². The van der Waals surface area contributed by atoms with Crippen molar-refractivity contribution in [3.63, 3.8) is 0 Å². The van der Waals surface area contributed by atoms with Gasteiger partial charge in [0.25, 0.3) is 5.91 Å². The fourth-order valence-electron chi connectivity index (χ4n) is 2.57. The van der Waals surface area contributed by atoms with Crippen molar-refractivity contribution in [2.75, 3.05) is 24.1 Å². The quantitative estimate of drug-likeness (QED) is 0.705. The molecule has 2 aromatic rings. The molecule has 0 aliphatic carbocycles. The zero-order valence-electron chi connectivity index (χ0n) is 15.0. The average Bonchev–Trinajstić information content (AvgIpc) is 2.62. The summed E-state index contributed by atoms with van der Waals surface area (Å²) in [4.78, 5) is 12.5. The van der Waals surface area contributed by atoms with Crippen LogP contribution < -0.4 is 14.8 Å². The molecule has 0 unspecified atom stereocenters. The van der Waals surface area contributed by atoms with Crippen LogP contribution in [0.5, 0.6) is 5.75 Å². The highest BCUT2D eigenvalue weighted by molar-refractivity contribution is 7.92. The Morgan fingerprint density at radius 2 is 1.77 bits per heavy atom. The minimum Gasteiger partial charge on any atom is -0.496 e. The molecule has 1 amide bonds. The zero-order chi connectivity index (χ0) is 19.0. The molecule has 0 saturated heterocycles. The van der Waals surface area contributed by atoms with Crippen LogP contribution >= 0.6 is 0 Å². The van der Waals surface area contributed by atoms with E-state index < -0.39 is 10.0 Å². The third-order valence-electron chi connectivity index (χ3n) is 3.78. The van der Waals surface area contributed by atoms with E-state index >= 15 is 0 Å². The van der Waals surface area contributed by atoms with Gasteiger partial charge in [-0.05, 0) is 36.6 Å². The molecule has 0 radical (unpaired) electrons. The number of para-hydroxylation sites is 2. The fraction of sp³-hybridized carbons (Fsp3) is 0.316. The maximum Gasteiger partial charge on any atom is 0.253 e. The molecular formula is C19H24N2O4S. The molecule has 0 bridgehead atoms. The predicted molar refractivity (Wildman–Crippen MR) is 103 cm³/mol. The normalized spacial score (nSPS) is 11.0. The number of ether oxygens (including phenoxy) is 1. The van der Waals surface area contributed by atoms with E-state index in [0.717, 1.165) is 11.3 Å². The van der Waals surface area contributed by atoms with Gasteiger partial charge in [-0.2, -0.15) is 0 Å². The molecule has 0 aliphatic heterocycles. The van der Waals surface area contributed by atoms with Gasteiger partial charge in [0.05, 0.1) is 24.1 Å². The summed E-state index contributed by atoms with van der Waals surface area (Å²) in [5.41, 5.74) is 1.58. The van der Waals surface area contributed by atoms with Crippen LogP contribution in [0.15, 0.2) is 48.5 Å². The summed E-state index contributed by atoms with van der Waals surface area (Å²) < 4.78 is 31.8. The summed E-state index contributed by atoms with van der Waals surface area (Å²) in [7, 11) is -1.85. The maximum atomic E-state index is 12.5. The second-order valence-corrected chi connectivity index (χ2v) is 7.63. The van der Waals surface area contributed by atoms with Crippen molar-refractivity contribution < 1.29 is 17.9 Å². The molecule has 0 aliphatic rings. The van der Waals surface area contributed by atoms with E-state index in [2.05, 4.69) is 10.0 Å². The molecule has 140 valence electrons. The number of amides is 1. The van der Waals surface area contributed by atoms with Crippen LogP contribution in [0.25, 0.3) is 0 Å². The van der Waals surface area contributed by atoms with Crippen LogP contribution in [-0.2, 0) is 16.4 Å². The summed E-state index contributed by atoms with van der Waals surface area (Å²) in [6.07, 6.45) is 1.11. The lowest BCUT2D eigenvalue weighted by Gasteiger charge is -2.13. The highest BCUT2D eigenvalue weighted by Crippen LogP contribution is 2.19. The monoisotopic (exact) mass is 376 g/mol. The van der Waals surface area contributed by atoms with E-state index in [0.29, 0.717) is 24.9 Å². The van der Waals surface area contributed by atoms with E-state index in [1.807, 2.05) is 24.3 Å². The smallest absolute Gasteiger partial charge is 0.253 e. The van der Waals surface area contributed by atoms with E-state index in [1.165, 1.54) is 0 Å². The fourth-order valence-corrected chi connectivity index (χ4v) is 3.73. The van der Waals surface area contributed by atoms with Gasteiger partial charge in [0.1, 0.15) is 5.75 Å². The minimum absolute atomic E-state index is 0.0107. The Labute approximate surface area is 154 Å². The number of benzene rings is 2. The molecule has 2 rings (SSSR count). The Hall–Kier alpha value is -2.54. The van der Waals surface area contributed by atoms with Gasteiger partial charge in [0.15, 0.2) is 0 Å². The number of nitrogens with one attached hydrogen (secondary N) is 2. The van der Waals surface area contributed by atoms with Crippen molar-refractivity contribution in [1.82, 2.24) is 5.32 Å². The van der Waals surface area contributed by atoms with Crippen molar-refractivity contribution in [2.24, 2.45) is 0 Å². The second-order valence-electron chi connectivity index (χ2n) is 5.78. The zero-order valence-corrected chi connectivity index (χ0v) is 15.8. The first kappa shape index (κ1) is 19.8. The standard InChI is InChI=1S/C19H24N2O4S/c1-3-14-26(23,24)21-17-10-6-5-9-16(17)19(22)20-13-12-15-8-4-7-11-18(15)25-2/h4-11,21H,3,12-14H2,1-2H3,(H,20,22). The molecule has 0 atom stereocenters. The molecule has 0 saturated carbocycles. The van der Waals surface area contributed by atoms with Crippen molar-refractivity contribution in [1.29, 1.82) is 0 Å². The first-order chi connectivity index (χ1) is 12.5. The van der Waals surface area contributed by atoms with Gasteiger partial charge in [-0.3, -0.25) is 9.52 Å². The van der Waals surface area contributed by atoms with Crippen LogP contribution in [0.3, 0.4) is 0 Å². The third kappa shape index (κ3) is 5.49. The molecule has 7 heteroatoms. The van der Waals surface area contributed by atoms with E-state index in [1.54, 1.807) is 38.3 Å². The Balaban J connectivity index is 2.04. The third-order valence-corrected chi connectivity index (χ3v) is 5.26. The Kier molecular flexibility index (Phi) is 7.03. The van der Waals surface area contributed by atoms with Crippen LogP contribution in [0.4, 0.5) is 5.69 Å². The van der Waals surface area contributed by atoms with Crippen molar-refractivity contribution in [2.45, 2.75) is 19.8 Å². The number of methoxy groups -OCH3 is 1. The highest BCUT2D eigenvalue weighted by Gasteiger charge is 2.15. The summed E-state index contributed by atoms with van der Waals surface area (Å²) >= 11 is 0. The summed E-state index contributed by atoms with van der Waals surface area (Å²) in [6, 6.07) is 14.2. The maximum absolute atomic E-state index is 12.5. The van der Waals surface area contributed by atoms with Gasteiger partial charge in [0.2, 0.25) is 10.0 Å². The lowest BCUT2D eigenvalue weighted by Crippen LogP contribution is -2.27. The number of carbonyl (C=O) groups is 1. The van der Waals surface area contributed by atoms with Crippen molar-refractivity contribution in [3.05, 3.63) is 59.7 Å². The predicted octanol–water partition coefficient (Wildman–Crippen LogP) is 2.82. The molecule has 0 fully saturated rings. The number of hydrogen-bond acceptors (Lipinski definition) is 4. The SMILES string of the molecule is CCCS(=O)(=O)Nc1ccccc1C(=O)NCCc1ccccc1OC. The van der Waals surface area contributed by atoms with E-state index in [9.17, 15) is 13.2 Å². The van der Waals surface area contributed by atoms with Gasteiger partial charge in [-0.15, -0.1) is 0 Å². The summed E-state index contributed by atoms with van der Waals surface area (Å²) in [5, 5.41) is 2.83. The van der Waals surface area contributed by atoms with Gasteiger partial charge < -0.3 is 10.1 Å². The number of anilines is 1. The topological polar surface area (TPSA) is 84.5 Å². The molecular weight excluding hydrogens is 352 g/mol. The second kappa shape index (κ2) is 9.24. The van der Waals surface area contributed by atoms with Gasteiger partial charge >= 0.3 is 0 Å². The number of rotatable bonds is 9. The molecule has 0 spiro atoms. The van der Waals surface area contributed by atoms with Crippen LogP contribution in [-0.4, -0.2) is 33.7 Å². The average molecular weight is 376 g/mol. The molecule has 0 aromatic heterocycles. The highest BCUT2D eigenvalue weighted by atomic mass is 32.2. The summed E-state index contributed by atoms with van der Waals surface area (Å²) in [5.74, 6) is 0.459. The van der Waals surface area contributed by atoms with Gasteiger partial charge in [-0.25, -0.2) is 8.42 Å². The molecule has 0 heterocycles. The number of hydrogen-bond donors (Lipinski definition) is 2. The number of carbonyl (C=O) groups excluding carboxylic acids is 1. The van der Waals surface area contributed by atoms with E-state index in [-0.39, 0.29) is 17.3 Å². The Morgan fingerprint density at radius 3 is 2.50 bits per heavy atom. The lowest BCUT2D eigenvalue weighted by molar-refractivity contribution is 0.0955. The summed E-state index contributed by atoms with van der Waals surface area (Å²) in [6.45, 7) is 2.20. The van der Waals surface area contributed by atoms with Gasteiger partial charge in [0, 0.05) is 6.54 Å². The first-order valence-corrected chi connectivity index (χ1v) is 10.1. The minimum atomic E-state index is -3.46. The van der Waals surface area contributed by atoms with Crippen molar-refractivity contribution in [3.8, 4) is 5.75 Å². The van der Waals surface area contributed by atoms with Crippen molar-refractivity contribution >= 4 is 21.6 Å². The lowest BCUT2D eigenvalue weighted by atomic mass is 10.1. The van der Waals surface area contributed by atoms with Crippen LogP contribution in [0, 0.1) is 0 Å². The Morgan fingerprint density at radius 1 is 1.08 bits per heavy atom. The van der Waals surface area contributed by atoms with Crippen LogP contribution in [0.2, 0.25) is 0 Å². The molecule has 2 aromatic carbocycles. The van der Waals surface area contributed by atoms with Crippen LogP contribution in [0.1, 0.15) is 29.3 Å². The largest absolute Gasteiger partial charge is 0.496 e. The molecule has 6 nitrogen and oxygen atoms in total.